The number of methoxy groups -OCH3 is 1. The predicted molar refractivity (Wildman–Crippen MR) is 122 cm³/mol. The van der Waals surface area contributed by atoms with Crippen molar-refractivity contribution in [1.82, 2.24) is 0 Å². The molecule has 1 heterocycles. The van der Waals surface area contributed by atoms with Gasteiger partial charge < -0.3 is 9.64 Å². The number of hydrogen-bond donors (Lipinski definition) is 0. The van der Waals surface area contributed by atoms with Crippen LogP contribution < -0.4 is 9.64 Å². The van der Waals surface area contributed by atoms with Crippen molar-refractivity contribution in [1.29, 1.82) is 0 Å². The maximum absolute atomic E-state index is 6.13. The zero-order valence-electron chi connectivity index (χ0n) is 17.6. The van der Waals surface area contributed by atoms with Gasteiger partial charge in [-0.2, -0.15) is 0 Å². The van der Waals surface area contributed by atoms with Gasteiger partial charge in [-0.3, -0.25) is 4.99 Å². The summed E-state index contributed by atoms with van der Waals surface area (Å²) in [5, 5.41) is 0.645. The van der Waals surface area contributed by atoms with Gasteiger partial charge in [0.1, 0.15) is 11.4 Å². The Morgan fingerprint density at radius 1 is 1.18 bits per heavy atom. The molecule has 3 nitrogen and oxygen atoms in total. The highest BCUT2D eigenvalue weighted by atomic mass is 35.5. The fraction of sp³-hybridized carbons (Fsp3) is 0.375. The highest BCUT2D eigenvalue weighted by molar-refractivity contribution is 6.30. The molecule has 0 atom stereocenters. The van der Waals surface area contributed by atoms with Gasteiger partial charge in [-0.1, -0.05) is 24.6 Å². The Hall–Kier alpha value is -2.26. The fourth-order valence-corrected chi connectivity index (χ4v) is 4.09. The molecule has 0 spiro atoms. The van der Waals surface area contributed by atoms with Crippen LogP contribution in [0.3, 0.4) is 0 Å². The average Bonchev–Trinajstić information content (AvgIpc) is 2.63. The van der Waals surface area contributed by atoms with Crippen molar-refractivity contribution >= 4 is 34.8 Å². The molecule has 0 aromatic heterocycles. The lowest BCUT2D eigenvalue weighted by Crippen LogP contribution is -2.45. The van der Waals surface area contributed by atoms with Crippen molar-refractivity contribution < 1.29 is 4.74 Å². The highest BCUT2D eigenvalue weighted by Gasteiger charge is 2.31. The first-order chi connectivity index (χ1) is 13.3. The van der Waals surface area contributed by atoms with Crippen LogP contribution in [0.4, 0.5) is 11.4 Å². The molecule has 28 heavy (non-hydrogen) atoms. The van der Waals surface area contributed by atoms with Gasteiger partial charge in [0.15, 0.2) is 0 Å². The molecule has 0 radical (unpaired) electrons. The van der Waals surface area contributed by atoms with Crippen LogP contribution in [0.5, 0.6) is 5.75 Å². The van der Waals surface area contributed by atoms with Gasteiger partial charge in [0, 0.05) is 29.0 Å². The van der Waals surface area contributed by atoms with Gasteiger partial charge in [-0.25, -0.2) is 0 Å². The normalized spacial score (nSPS) is 15.5. The van der Waals surface area contributed by atoms with Gasteiger partial charge in [0.05, 0.1) is 12.6 Å². The van der Waals surface area contributed by atoms with Crippen LogP contribution in [0.25, 0.3) is 5.57 Å². The van der Waals surface area contributed by atoms with E-state index in [2.05, 4.69) is 62.7 Å². The number of benzene rings is 2. The van der Waals surface area contributed by atoms with Crippen molar-refractivity contribution in [3.8, 4) is 5.75 Å². The lowest BCUT2D eigenvalue weighted by Gasteiger charge is -2.43. The second-order valence-corrected chi connectivity index (χ2v) is 8.37. The third-order valence-electron chi connectivity index (χ3n) is 5.30. The third-order valence-corrected chi connectivity index (χ3v) is 5.53. The van der Waals surface area contributed by atoms with Crippen molar-refractivity contribution in [2.24, 2.45) is 4.99 Å². The van der Waals surface area contributed by atoms with E-state index in [0.29, 0.717) is 10.8 Å². The van der Waals surface area contributed by atoms with Crippen molar-refractivity contribution in [3.05, 3.63) is 58.1 Å². The number of hydrogen-bond acceptors (Lipinski definition) is 3. The van der Waals surface area contributed by atoms with Gasteiger partial charge in [0.2, 0.25) is 0 Å². The molecule has 0 N–H and O–H groups in total. The van der Waals surface area contributed by atoms with Crippen LogP contribution in [0.15, 0.2) is 41.4 Å². The Morgan fingerprint density at radius 2 is 1.93 bits per heavy atom. The maximum atomic E-state index is 6.13. The molecule has 0 bridgehead atoms. The van der Waals surface area contributed by atoms with E-state index in [1.165, 1.54) is 22.4 Å². The molecule has 148 valence electrons. The largest absolute Gasteiger partial charge is 0.494 e. The maximum Gasteiger partial charge on any atom is 0.144 e. The van der Waals surface area contributed by atoms with Crippen LogP contribution in [0, 0.1) is 6.92 Å². The van der Waals surface area contributed by atoms with E-state index in [1.54, 1.807) is 7.11 Å². The first-order valence-corrected chi connectivity index (χ1v) is 10.1. The number of nitrogens with zero attached hydrogens (tertiary/aromatic N) is 2. The molecule has 0 fully saturated rings. The second kappa shape index (κ2) is 8.00. The Kier molecular flexibility index (Phi) is 5.85. The molecule has 2 aromatic rings. The van der Waals surface area contributed by atoms with Crippen molar-refractivity contribution in [3.63, 3.8) is 0 Å². The molecule has 2 aromatic carbocycles. The topological polar surface area (TPSA) is 24.8 Å². The van der Waals surface area contributed by atoms with E-state index in [9.17, 15) is 0 Å². The van der Waals surface area contributed by atoms with E-state index < -0.39 is 0 Å². The molecule has 0 unspecified atom stereocenters. The lowest BCUT2D eigenvalue weighted by atomic mass is 9.87. The van der Waals surface area contributed by atoms with Crippen LogP contribution in [-0.2, 0) is 0 Å². The van der Waals surface area contributed by atoms with E-state index in [4.69, 9.17) is 16.3 Å². The number of ether oxygens (including phenoxy) is 1. The van der Waals surface area contributed by atoms with Crippen LogP contribution >= 0.6 is 11.6 Å². The molecule has 1 aliphatic heterocycles. The minimum absolute atomic E-state index is 0.0172. The molecule has 3 rings (SSSR count). The number of anilines is 1. The van der Waals surface area contributed by atoms with Gasteiger partial charge in [0.25, 0.3) is 0 Å². The Bertz CT molecular complexity index is 944. The standard InChI is InChI=1S/C24H29ClN2O/c1-7-10-27-22-11-16(2)18(12-20(22)17(3)14-24(27,4)5)15-26-21-13-19(25)8-9-23(21)28-6/h8-9,11-15H,7,10H2,1-6H3. The molecular formula is C24H29ClN2O. The summed E-state index contributed by atoms with van der Waals surface area (Å²) in [5.41, 5.74) is 6.94. The molecule has 0 saturated carbocycles. The zero-order chi connectivity index (χ0) is 20.5. The minimum atomic E-state index is 0.0172. The van der Waals surface area contributed by atoms with Crippen LogP contribution in [0.2, 0.25) is 5.02 Å². The fourth-order valence-electron chi connectivity index (χ4n) is 3.92. The van der Waals surface area contributed by atoms with Crippen LogP contribution in [0.1, 0.15) is 50.8 Å². The molecule has 0 saturated heterocycles. The average molecular weight is 397 g/mol. The van der Waals surface area contributed by atoms with Gasteiger partial charge in [-0.05, 0) is 81.1 Å². The third kappa shape index (κ3) is 3.95. The Balaban J connectivity index is 2.05. The van der Waals surface area contributed by atoms with Gasteiger partial charge >= 0.3 is 0 Å². The summed E-state index contributed by atoms with van der Waals surface area (Å²) in [7, 11) is 1.64. The molecule has 0 aliphatic carbocycles. The summed E-state index contributed by atoms with van der Waals surface area (Å²) >= 11 is 6.13. The molecule has 4 heteroatoms. The zero-order valence-corrected chi connectivity index (χ0v) is 18.4. The summed E-state index contributed by atoms with van der Waals surface area (Å²) in [4.78, 5) is 7.16. The Morgan fingerprint density at radius 3 is 2.61 bits per heavy atom. The van der Waals surface area contributed by atoms with Crippen LogP contribution in [-0.4, -0.2) is 25.4 Å². The smallest absolute Gasteiger partial charge is 0.144 e. The van der Waals surface area contributed by atoms with E-state index >= 15 is 0 Å². The van der Waals surface area contributed by atoms with Crippen molar-refractivity contribution in [2.75, 3.05) is 18.6 Å². The summed E-state index contributed by atoms with van der Waals surface area (Å²) in [6.07, 6.45) is 5.38. The number of aliphatic imine (C=N–C) groups is 1. The second-order valence-electron chi connectivity index (χ2n) is 7.93. The molecule has 0 amide bonds. The molecular weight excluding hydrogens is 368 g/mol. The quantitative estimate of drug-likeness (QED) is 0.518. The summed E-state index contributed by atoms with van der Waals surface area (Å²) in [6.45, 7) is 12.2. The summed E-state index contributed by atoms with van der Waals surface area (Å²) < 4.78 is 5.40. The Labute approximate surface area is 173 Å². The number of allylic oxidation sites excluding steroid dienone is 1. The summed E-state index contributed by atoms with van der Waals surface area (Å²) in [6, 6.07) is 10.0. The minimum Gasteiger partial charge on any atom is -0.494 e. The SMILES string of the molecule is CCCN1c2cc(C)c(C=Nc3cc(Cl)ccc3OC)cc2C(C)=CC1(C)C. The number of rotatable bonds is 5. The first kappa shape index (κ1) is 20.5. The van der Waals surface area contributed by atoms with Crippen molar-refractivity contribution in [2.45, 2.75) is 46.6 Å². The summed E-state index contributed by atoms with van der Waals surface area (Å²) in [5.74, 6) is 0.711. The number of aryl methyl sites for hydroxylation is 1. The van der Waals surface area contributed by atoms with Gasteiger partial charge in [-0.15, -0.1) is 0 Å². The molecule has 1 aliphatic rings. The predicted octanol–water partition coefficient (Wildman–Crippen LogP) is 6.82. The number of halogens is 1. The van der Waals surface area contributed by atoms with E-state index in [-0.39, 0.29) is 5.54 Å². The van der Waals surface area contributed by atoms with E-state index in [0.717, 1.165) is 24.2 Å². The lowest BCUT2D eigenvalue weighted by molar-refractivity contribution is 0.416. The monoisotopic (exact) mass is 396 g/mol. The highest BCUT2D eigenvalue weighted by Crippen LogP contribution is 2.40. The number of fused-ring (bicyclic) bond motifs is 1. The van der Waals surface area contributed by atoms with E-state index in [1.807, 2.05) is 24.4 Å². The first-order valence-electron chi connectivity index (χ1n) is 9.76.